The van der Waals surface area contributed by atoms with E-state index >= 15 is 0 Å². The molecule has 1 atom stereocenters. The Morgan fingerprint density at radius 2 is 1.62 bits per heavy atom. The van der Waals surface area contributed by atoms with E-state index in [0.717, 1.165) is 17.5 Å². The van der Waals surface area contributed by atoms with Crippen molar-refractivity contribution < 1.29 is 5.11 Å². The minimum atomic E-state index is -0.552. The van der Waals surface area contributed by atoms with Crippen molar-refractivity contribution >= 4 is 0 Å². The molecule has 0 aliphatic carbocycles. The fourth-order valence-corrected chi connectivity index (χ4v) is 2.57. The molecule has 1 heteroatoms. The first-order valence-corrected chi connectivity index (χ1v) is 7.71. The molecule has 0 heterocycles. The lowest BCUT2D eigenvalue weighted by Crippen LogP contribution is -2.15. The lowest BCUT2D eigenvalue weighted by atomic mass is 9.81. The Hall–Kier alpha value is -1.60. The molecule has 0 saturated carbocycles. The summed E-state index contributed by atoms with van der Waals surface area (Å²) in [6, 6.07) is 14.5. The summed E-state index contributed by atoms with van der Waals surface area (Å²) in [6.45, 7) is 10.9. The second-order valence-corrected chi connectivity index (χ2v) is 6.55. The molecule has 2 aromatic carbocycles. The molecular weight excluding hydrogens is 256 g/mol. The zero-order valence-electron chi connectivity index (χ0n) is 13.8. The third-order valence-corrected chi connectivity index (χ3v) is 4.83. The fourth-order valence-electron chi connectivity index (χ4n) is 2.57. The Labute approximate surface area is 128 Å². The van der Waals surface area contributed by atoms with E-state index in [4.69, 9.17) is 0 Å². The van der Waals surface area contributed by atoms with Gasteiger partial charge in [0.1, 0.15) is 6.10 Å². The molecule has 0 aliphatic rings. The predicted octanol–water partition coefficient (Wildman–Crippen LogP) is 5.07. The van der Waals surface area contributed by atoms with Gasteiger partial charge in [0.25, 0.3) is 0 Å². The molecule has 2 rings (SSSR count). The maximum absolute atomic E-state index is 10.6. The van der Waals surface area contributed by atoms with Crippen molar-refractivity contribution in [3.63, 3.8) is 0 Å². The maximum atomic E-state index is 10.6. The standard InChI is InChI=1S/C20H26O/c1-6-20(4,5)17-12-10-16(11-13-17)19(21)18-9-7-8-14(2)15(18)3/h7-13,19,21H,6H2,1-5H3. The van der Waals surface area contributed by atoms with Gasteiger partial charge >= 0.3 is 0 Å². The topological polar surface area (TPSA) is 20.2 Å². The molecule has 1 nitrogen and oxygen atoms in total. The summed E-state index contributed by atoms with van der Waals surface area (Å²) in [5.41, 5.74) is 5.85. The Kier molecular flexibility index (Phi) is 4.53. The Bertz CT molecular complexity index is 608. The Balaban J connectivity index is 2.32. The van der Waals surface area contributed by atoms with Gasteiger partial charge in [0.2, 0.25) is 0 Å². The molecule has 0 spiro atoms. The first-order valence-electron chi connectivity index (χ1n) is 7.71. The van der Waals surface area contributed by atoms with Crippen LogP contribution in [0, 0.1) is 13.8 Å². The summed E-state index contributed by atoms with van der Waals surface area (Å²) in [7, 11) is 0. The highest BCUT2D eigenvalue weighted by Gasteiger charge is 2.19. The summed E-state index contributed by atoms with van der Waals surface area (Å²) in [6.07, 6.45) is 0.551. The van der Waals surface area contributed by atoms with Crippen LogP contribution in [-0.2, 0) is 5.41 Å². The lowest BCUT2D eigenvalue weighted by molar-refractivity contribution is 0.219. The van der Waals surface area contributed by atoms with E-state index in [0.29, 0.717) is 0 Å². The number of rotatable bonds is 4. The number of hydrogen-bond acceptors (Lipinski definition) is 1. The van der Waals surface area contributed by atoms with E-state index in [9.17, 15) is 5.11 Å². The minimum absolute atomic E-state index is 0.183. The van der Waals surface area contributed by atoms with Crippen LogP contribution in [0.2, 0.25) is 0 Å². The zero-order valence-corrected chi connectivity index (χ0v) is 13.8. The van der Waals surface area contributed by atoms with Crippen LogP contribution in [0.15, 0.2) is 42.5 Å². The minimum Gasteiger partial charge on any atom is -0.384 e. The van der Waals surface area contributed by atoms with Crippen molar-refractivity contribution in [1.82, 2.24) is 0 Å². The van der Waals surface area contributed by atoms with Gasteiger partial charge in [-0.3, -0.25) is 0 Å². The third kappa shape index (κ3) is 3.19. The molecule has 0 amide bonds. The van der Waals surface area contributed by atoms with E-state index in [1.165, 1.54) is 16.7 Å². The molecule has 21 heavy (non-hydrogen) atoms. The second kappa shape index (κ2) is 6.03. The first kappa shape index (κ1) is 15.8. The average molecular weight is 282 g/mol. The van der Waals surface area contributed by atoms with E-state index in [-0.39, 0.29) is 5.41 Å². The van der Waals surface area contributed by atoms with Gasteiger partial charge in [-0.15, -0.1) is 0 Å². The number of aryl methyl sites for hydroxylation is 1. The summed E-state index contributed by atoms with van der Waals surface area (Å²) in [4.78, 5) is 0. The van der Waals surface area contributed by atoms with Gasteiger partial charge in [-0.2, -0.15) is 0 Å². The van der Waals surface area contributed by atoms with Crippen molar-refractivity contribution in [2.45, 2.75) is 52.6 Å². The molecule has 2 aromatic rings. The van der Waals surface area contributed by atoms with Crippen LogP contribution in [0.4, 0.5) is 0 Å². The highest BCUT2D eigenvalue weighted by Crippen LogP contribution is 2.30. The molecule has 0 radical (unpaired) electrons. The van der Waals surface area contributed by atoms with Crippen LogP contribution < -0.4 is 0 Å². The van der Waals surface area contributed by atoms with Gasteiger partial charge in [-0.1, -0.05) is 63.2 Å². The lowest BCUT2D eigenvalue weighted by Gasteiger charge is -2.24. The average Bonchev–Trinajstić information content (AvgIpc) is 2.49. The van der Waals surface area contributed by atoms with E-state index in [2.05, 4.69) is 65.0 Å². The summed E-state index contributed by atoms with van der Waals surface area (Å²) >= 11 is 0. The normalized spacial score (nSPS) is 13.2. The van der Waals surface area contributed by atoms with Crippen LogP contribution in [0.25, 0.3) is 0 Å². The van der Waals surface area contributed by atoms with E-state index < -0.39 is 6.10 Å². The molecular formula is C20H26O. The second-order valence-electron chi connectivity index (χ2n) is 6.55. The third-order valence-electron chi connectivity index (χ3n) is 4.83. The molecule has 0 fully saturated rings. The smallest absolute Gasteiger partial charge is 0.104 e. The largest absolute Gasteiger partial charge is 0.384 e. The number of aliphatic hydroxyl groups is 1. The fraction of sp³-hybridized carbons (Fsp3) is 0.400. The molecule has 0 aliphatic heterocycles. The molecule has 112 valence electrons. The quantitative estimate of drug-likeness (QED) is 0.829. The van der Waals surface area contributed by atoms with Crippen molar-refractivity contribution in [3.05, 3.63) is 70.3 Å². The highest BCUT2D eigenvalue weighted by molar-refractivity contribution is 5.40. The predicted molar refractivity (Wildman–Crippen MR) is 89.7 cm³/mol. The van der Waals surface area contributed by atoms with Crippen LogP contribution in [0.5, 0.6) is 0 Å². The summed E-state index contributed by atoms with van der Waals surface area (Å²) in [5, 5.41) is 10.6. The van der Waals surface area contributed by atoms with Crippen LogP contribution in [0.3, 0.4) is 0 Å². The van der Waals surface area contributed by atoms with Crippen LogP contribution in [0.1, 0.15) is 61.1 Å². The first-order chi connectivity index (χ1) is 9.86. The molecule has 0 saturated heterocycles. The SMILES string of the molecule is CCC(C)(C)c1ccc(C(O)c2cccc(C)c2C)cc1. The Morgan fingerprint density at radius 3 is 2.19 bits per heavy atom. The number of benzene rings is 2. The van der Waals surface area contributed by atoms with Gasteiger partial charge in [0, 0.05) is 0 Å². The number of aliphatic hydroxyl groups excluding tert-OH is 1. The monoisotopic (exact) mass is 282 g/mol. The van der Waals surface area contributed by atoms with Crippen molar-refractivity contribution in [3.8, 4) is 0 Å². The maximum Gasteiger partial charge on any atom is 0.104 e. The van der Waals surface area contributed by atoms with Crippen molar-refractivity contribution in [2.24, 2.45) is 0 Å². The Morgan fingerprint density at radius 1 is 1.00 bits per heavy atom. The van der Waals surface area contributed by atoms with Crippen LogP contribution >= 0.6 is 0 Å². The van der Waals surface area contributed by atoms with E-state index in [1.54, 1.807) is 0 Å². The molecule has 1 unspecified atom stereocenters. The van der Waals surface area contributed by atoms with Gasteiger partial charge in [0.15, 0.2) is 0 Å². The van der Waals surface area contributed by atoms with Crippen LogP contribution in [-0.4, -0.2) is 5.11 Å². The molecule has 1 N–H and O–H groups in total. The van der Waals surface area contributed by atoms with E-state index in [1.807, 2.05) is 12.1 Å². The zero-order chi connectivity index (χ0) is 15.6. The molecule has 0 bridgehead atoms. The van der Waals surface area contributed by atoms with Gasteiger partial charge in [-0.25, -0.2) is 0 Å². The summed E-state index contributed by atoms with van der Waals surface area (Å²) in [5.74, 6) is 0. The number of hydrogen-bond donors (Lipinski definition) is 1. The van der Waals surface area contributed by atoms with Gasteiger partial charge in [-0.05, 0) is 53.5 Å². The van der Waals surface area contributed by atoms with Crippen molar-refractivity contribution in [2.75, 3.05) is 0 Å². The summed E-state index contributed by atoms with van der Waals surface area (Å²) < 4.78 is 0. The molecule has 0 aromatic heterocycles. The van der Waals surface area contributed by atoms with Gasteiger partial charge in [0.05, 0.1) is 0 Å². The van der Waals surface area contributed by atoms with Crippen molar-refractivity contribution in [1.29, 1.82) is 0 Å². The van der Waals surface area contributed by atoms with Gasteiger partial charge < -0.3 is 5.11 Å². The highest BCUT2D eigenvalue weighted by atomic mass is 16.3.